The van der Waals surface area contributed by atoms with Crippen molar-refractivity contribution in [2.75, 3.05) is 13.1 Å². The molecule has 1 aromatic rings. The highest BCUT2D eigenvalue weighted by Crippen LogP contribution is 2.15. The molecule has 1 saturated heterocycles. The number of carboxylic acids is 1. The zero-order valence-corrected chi connectivity index (χ0v) is 10.2. The minimum Gasteiger partial charge on any atom is -0.475 e. The van der Waals surface area contributed by atoms with Crippen LogP contribution in [-0.2, 0) is 11.3 Å². The number of nitrogens with zero attached hydrogens (tertiary/aromatic N) is 1. The standard InChI is InChI=1S/C12H16N2O4/c1-8(15)13-9-4-5-14(6-9)7-10-2-3-11(18-10)12(16)17/h2-3,9H,4-7H2,1H3,(H,13,15)(H,16,17). The maximum atomic E-state index is 10.9. The highest BCUT2D eigenvalue weighted by atomic mass is 16.4. The zero-order chi connectivity index (χ0) is 13.1. The van der Waals surface area contributed by atoms with Crippen molar-refractivity contribution in [1.29, 1.82) is 0 Å². The van der Waals surface area contributed by atoms with Crippen LogP contribution in [0.25, 0.3) is 0 Å². The van der Waals surface area contributed by atoms with E-state index in [4.69, 9.17) is 9.52 Å². The summed E-state index contributed by atoms with van der Waals surface area (Å²) >= 11 is 0. The summed E-state index contributed by atoms with van der Waals surface area (Å²) in [6, 6.07) is 3.31. The number of furan rings is 1. The second-order valence-corrected chi connectivity index (χ2v) is 4.49. The average Bonchev–Trinajstić information content (AvgIpc) is 2.88. The van der Waals surface area contributed by atoms with E-state index in [9.17, 15) is 9.59 Å². The van der Waals surface area contributed by atoms with E-state index in [1.165, 1.54) is 13.0 Å². The van der Waals surface area contributed by atoms with Crippen molar-refractivity contribution in [3.05, 3.63) is 23.7 Å². The van der Waals surface area contributed by atoms with E-state index in [-0.39, 0.29) is 17.7 Å². The van der Waals surface area contributed by atoms with Gasteiger partial charge >= 0.3 is 5.97 Å². The molecule has 0 bridgehead atoms. The largest absolute Gasteiger partial charge is 0.475 e. The van der Waals surface area contributed by atoms with Crippen molar-refractivity contribution < 1.29 is 19.1 Å². The van der Waals surface area contributed by atoms with Crippen molar-refractivity contribution in [2.24, 2.45) is 0 Å². The molecule has 6 nitrogen and oxygen atoms in total. The Morgan fingerprint density at radius 2 is 2.33 bits per heavy atom. The van der Waals surface area contributed by atoms with Gasteiger partial charge in [-0.05, 0) is 18.6 Å². The van der Waals surface area contributed by atoms with Gasteiger partial charge in [0.25, 0.3) is 0 Å². The molecule has 1 aromatic heterocycles. The SMILES string of the molecule is CC(=O)NC1CCN(Cc2ccc(C(=O)O)o2)C1. The summed E-state index contributed by atoms with van der Waals surface area (Å²) < 4.78 is 5.19. The third kappa shape index (κ3) is 3.10. The lowest BCUT2D eigenvalue weighted by molar-refractivity contribution is -0.119. The van der Waals surface area contributed by atoms with Crippen molar-refractivity contribution in [3.8, 4) is 0 Å². The number of amides is 1. The van der Waals surface area contributed by atoms with Crippen molar-refractivity contribution >= 4 is 11.9 Å². The van der Waals surface area contributed by atoms with Gasteiger partial charge < -0.3 is 14.8 Å². The molecule has 0 aliphatic carbocycles. The summed E-state index contributed by atoms with van der Waals surface area (Å²) in [6.07, 6.45) is 0.909. The van der Waals surface area contributed by atoms with Crippen LogP contribution in [0.15, 0.2) is 16.5 Å². The molecule has 1 aliphatic heterocycles. The quantitative estimate of drug-likeness (QED) is 0.823. The summed E-state index contributed by atoms with van der Waals surface area (Å²) in [7, 11) is 0. The van der Waals surface area contributed by atoms with Crippen LogP contribution in [0, 0.1) is 0 Å². The molecule has 1 fully saturated rings. The number of carbonyl (C=O) groups excluding carboxylic acids is 1. The summed E-state index contributed by atoms with van der Waals surface area (Å²) in [5.41, 5.74) is 0. The Morgan fingerprint density at radius 3 is 2.94 bits per heavy atom. The Kier molecular flexibility index (Phi) is 3.66. The number of nitrogens with one attached hydrogen (secondary N) is 1. The van der Waals surface area contributed by atoms with Crippen LogP contribution < -0.4 is 5.32 Å². The molecule has 1 unspecified atom stereocenters. The second-order valence-electron chi connectivity index (χ2n) is 4.49. The lowest BCUT2D eigenvalue weighted by Crippen LogP contribution is -2.35. The van der Waals surface area contributed by atoms with Gasteiger partial charge in [-0.3, -0.25) is 9.69 Å². The first-order valence-electron chi connectivity index (χ1n) is 5.86. The third-order valence-corrected chi connectivity index (χ3v) is 2.93. The molecule has 1 aliphatic rings. The van der Waals surface area contributed by atoms with Crippen LogP contribution in [0.1, 0.15) is 29.7 Å². The predicted octanol–water partition coefficient (Wildman–Crippen LogP) is 0.688. The van der Waals surface area contributed by atoms with Gasteiger partial charge in [-0.2, -0.15) is 0 Å². The molecule has 18 heavy (non-hydrogen) atoms. The van der Waals surface area contributed by atoms with E-state index in [2.05, 4.69) is 10.2 Å². The Morgan fingerprint density at radius 1 is 1.56 bits per heavy atom. The van der Waals surface area contributed by atoms with E-state index < -0.39 is 5.97 Å². The van der Waals surface area contributed by atoms with Crippen LogP contribution in [0.2, 0.25) is 0 Å². The molecule has 0 aromatic carbocycles. The van der Waals surface area contributed by atoms with E-state index in [1.54, 1.807) is 6.07 Å². The summed E-state index contributed by atoms with van der Waals surface area (Å²) in [5.74, 6) is -0.481. The zero-order valence-electron chi connectivity index (χ0n) is 10.2. The number of carboxylic acid groups (broad SMARTS) is 1. The van der Waals surface area contributed by atoms with Gasteiger partial charge in [0.1, 0.15) is 5.76 Å². The maximum Gasteiger partial charge on any atom is 0.371 e. The highest BCUT2D eigenvalue weighted by molar-refractivity contribution is 5.84. The van der Waals surface area contributed by atoms with Crippen molar-refractivity contribution in [3.63, 3.8) is 0 Å². The minimum atomic E-state index is -1.06. The normalized spacial score (nSPS) is 19.9. The molecule has 2 N–H and O–H groups in total. The first kappa shape index (κ1) is 12.6. The summed E-state index contributed by atoms with van der Waals surface area (Å²) in [5, 5.41) is 11.6. The molecule has 2 rings (SSSR count). The molecule has 0 spiro atoms. The highest BCUT2D eigenvalue weighted by Gasteiger charge is 2.23. The van der Waals surface area contributed by atoms with Gasteiger partial charge in [-0.25, -0.2) is 4.79 Å². The predicted molar refractivity (Wildman–Crippen MR) is 63.2 cm³/mol. The molecule has 0 saturated carbocycles. The summed E-state index contributed by atoms with van der Waals surface area (Å²) in [4.78, 5) is 23.7. The fourth-order valence-corrected chi connectivity index (χ4v) is 2.18. The van der Waals surface area contributed by atoms with Gasteiger partial charge in [-0.15, -0.1) is 0 Å². The van der Waals surface area contributed by atoms with Gasteiger partial charge in [0.2, 0.25) is 11.7 Å². The van der Waals surface area contributed by atoms with E-state index in [0.717, 1.165) is 19.5 Å². The Labute approximate surface area is 105 Å². The molecular weight excluding hydrogens is 236 g/mol. The molecule has 1 amide bonds. The van der Waals surface area contributed by atoms with Gasteiger partial charge in [0.05, 0.1) is 6.54 Å². The number of hydrogen-bond acceptors (Lipinski definition) is 4. The molecule has 0 radical (unpaired) electrons. The minimum absolute atomic E-state index is 0.0204. The smallest absolute Gasteiger partial charge is 0.371 e. The third-order valence-electron chi connectivity index (χ3n) is 2.93. The molecule has 1 atom stereocenters. The fraction of sp³-hybridized carbons (Fsp3) is 0.500. The monoisotopic (exact) mass is 252 g/mol. The molecule has 98 valence electrons. The van der Waals surface area contributed by atoms with E-state index in [0.29, 0.717) is 12.3 Å². The fourth-order valence-electron chi connectivity index (χ4n) is 2.18. The summed E-state index contributed by atoms with van der Waals surface area (Å²) in [6.45, 7) is 3.72. The van der Waals surface area contributed by atoms with E-state index >= 15 is 0 Å². The topological polar surface area (TPSA) is 82.8 Å². The van der Waals surface area contributed by atoms with Crippen LogP contribution in [0.5, 0.6) is 0 Å². The Bertz CT molecular complexity index is 455. The molecule has 6 heteroatoms. The Balaban J connectivity index is 1.87. The van der Waals surface area contributed by atoms with Gasteiger partial charge in [0, 0.05) is 26.1 Å². The second kappa shape index (κ2) is 5.22. The lowest BCUT2D eigenvalue weighted by atomic mass is 10.2. The van der Waals surface area contributed by atoms with E-state index in [1.807, 2.05) is 0 Å². The van der Waals surface area contributed by atoms with Crippen molar-refractivity contribution in [1.82, 2.24) is 10.2 Å². The molecular formula is C12H16N2O4. The van der Waals surface area contributed by atoms with Crippen LogP contribution in [0.4, 0.5) is 0 Å². The maximum absolute atomic E-state index is 10.9. The van der Waals surface area contributed by atoms with Gasteiger partial charge in [0.15, 0.2) is 0 Å². The van der Waals surface area contributed by atoms with Crippen LogP contribution >= 0.6 is 0 Å². The number of carbonyl (C=O) groups is 2. The lowest BCUT2D eigenvalue weighted by Gasteiger charge is -2.14. The average molecular weight is 252 g/mol. The van der Waals surface area contributed by atoms with Crippen LogP contribution in [0.3, 0.4) is 0 Å². The number of likely N-dealkylation sites (tertiary alicyclic amines) is 1. The van der Waals surface area contributed by atoms with Crippen molar-refractivity contribution in [2.45, 2.75) is 25.9 Å². The molecule has 2 heterocycles. The first-order chi connectivity index (χ1) is 8.54. The van der Waals surface area contributed by atoms with Gasteiger partial charge in [-0.1, -0.05) is 0 Å². The Hall–Kier alpha value is -1.82. The van der Waals surface area contributed by atoms with Crippen LogP contribution in [-0.4, -0.2) is 41.0 Å². The number of aromatic carboxylic acids is 1. The number of hydrogen-bond donors (Lipinski definition) is 2. The number of rotatable bonds is 4. The first-order valence-corrected chi connectivity index (χ1v) is 5.86.